The fraction of sp³-hybridized carbons (Fsp3) is 0.412. The van der Waals surface area contributed by atoms with E-state index >= 15 is 0 Å². The number of aliphatic carboxylic acids is 1. The van der Waals surface area contributed by atoms with Crippen molar-refractivity contribution in [2.75, 3.05) is 6.54 Å². The minimum atomic E-state index is -1.07. The molecular weight excluding hydrogens is 282 g/mol. The van der Waals surface area contributed by atoms with Gasteiger partial charge in [0.1, 0.15) is 11.6 Å². The third-order valence-electron chi connectivity index (χ3n) is 3.44. The lowest BCUT2D eigenvalue weighted by molar-refractivity contribution is -0.141. The second kappa shape index (κ2) is 6.20. The fourth-order valence-electron chi connectivity index (χ4n) is 2.35. The number of rotatable bonds is 2. The van der Waals surface area contributed by atoms with Crippen molar-refractivity contribution in [2.24, 2.45) is 0 Å². The molecule has 22 heavy (non-hydrogen) atoms. The zero-order valence-electron chi connectivity index (χ0n) is 12.7. The molecule has 1 amide bonds. The van der Waals surface area contributed by atoms with Crippen molar-refractivity contribution < 1.29 is 19.8 Å². The van der Waals surface area contributed by atoms with Crippen LogP contribution in [-0.2, 0) is 4.79 Å². The molecule has 1 aromatic rings. The summed E-state index contributed by atoms with van der Waals surface area (Å²) in [6.45, 7) is 3.66. The van der Waals surface area contributed by atoms with Gasteiger partial charge in [0.2, 0.25) is 0 Å². The summed E-state index contributed by atoms with van der Waals surface area (Å²) in [5.74, 6) is 4.29. The molecule has 0 unspecified atom stereocenters. The summed E-state index contributed by atoms with van der Waals surface area (Å²) in [5.41, 5.74) is 0.0653. The number of hydrogen-bond donors (Lipinski definition) is 2. The number of aliphatic hydroxyl groups is 1. The summed E-state index contributed by atoms with van der Waals surface area (Å²) in [7, 11) is 0. The van der Waals surface area contributed by atoms with Crippen LogP contribution in [0.3, 0.4) is 0 Å². The second-order valence-electron chi connectivity index (χ2n) is 5.88. The monoisotopic (exact) mass is 301 g/mol. The Balaban J connectivity index is 2.14. The molecule has 1 aliphatic heterocycles. The van der Waals surface area contributed by atoms with Crippen LogP contribution in [0.5, 0.6) is 0 Å². The zero-order valence-corrected chi connectivity index (χ0v) is 12.7. The highest BCUT2D eigenvalue weighted by Crippen LogP contribution is 2.20. The average molecular weight is 301 g/mol. The van der Waals surface area contributed by atoms with Crippen LogP contribution in [0.4, 0.5) is 0 Å². The predicted molar refractivity (Wildman–Crippen MR) is 81.3 cm³/mol. The first-order valence-electron chi connectivity index (χ1n) is 7.17. The predicted octanol–water partition coefficient (Wildman–Crippen LogP) is 1.50. The van der Waals surface area contributed by atoms with Gasteiger partial charge in [0.25, 0.3) is 5.91 Å². The van der Waals surface area contributed by atoms with Crippen LogP contribution in [0.2, 0.25) is 0 Å². The lowest BCUT2D eigenvalue weighted by atomic mass is 10.1. The number of carbonyl (C=O) groups is 2. The quantitative estimate of drug-likeness (QED) is 0.812. The topological polar surface area (TPSA) is 77.8 Å². The highest BCUT2D eigenvalue weighted by molar-refractivity contribution is 5.97. The summed E-state index contributed by atoms with van der Waals surface area (Å²) in [6.07, 6.45) is 1.20. The van der Waals surface area contributed by atoms with Crippen molar-refractivity contribution in [2.45, 2.75) is 38.3 Å². The van der Waals surface area contributed by atoms with Crippen LogP contribution >= 0.6 is 0 Å². The maximum atomic E-state index is 12.4. The Hall–Kier alpha value is -2.32. The maximum Gasteiger partial charge on any atom is 0.326 e. The van der Waals surface area contributed by atoms with E-state index in [1.54, 1.807) is 38.1 Å². The van der Waals surface area contributed by atoms with Gasteiger partial charge in [-0.1, -0.05) is 11.8 Å². The van der Waals surface area contributed by atoms with E-state index in [0.717, 1.165) is 0 Å². The summed E-state index contributed by atoms with van der Waals surface area (Å²) in [5, 5.41) is 18.7. The molecule has 2 N–H and O–H groups in total. The van der Waals surface area contributed by atoms with E-state index in [2.05, 4.69) is 11.8 Å². The molecular formula is C17H19NO4. The highest BCUT2D eigenvalue weighted by Gasteiger charge is 2.34. The normalized spacial score (nSPS) is 17.8. The number of amides is 1. The van der Waals surface area contributed by atoms with Crippen molar-refractivity contribution >= 4 is 11.9 Å². The highest BCUT2D eigenvalue weighted by atomic mass is 16.4. The molecule has 5 heteroatoms. The molecule has 5 nitrogen and oxygen atoms in total. The Kier molecular flexibility index (Phi) is 4.53. The van der Waals surface area contributed by atoms with Crippen molar-refractivity contribution in [3.05, 3.63) is 35.4 Å². The van der Waals surface area contributed by atoms with Gasteiger partial charge in [0.15, 0.2) is 0 Å². The SMILES string of the molecule is CC(C)(O)C#Cc1ccc(C(=O)N2CCC[C@H]2C(=O)O)cc1. The molecule has 1 atom stereocenters. The number of carbonyl (C=O) groups excluding carboxylic acids is 1. The van der Waals surface area contributed by atoms with E-state index in [0.29, 0.717) is 30.5 Å². The summed E-state index contributed by atoms with van der Waals surface area (Å²) < 4.78 is 0. The summed E-state index contributed by atoms with van der Waals surface area (Å²) in [4.78, 5) is 24.9. The van der Waals surface area contributed by atoms with Crippen LogP contribution < -0.4 is 0 Å². The molecule has 1 saturated heterocycles. The smallest absolute Gasteiger partial charge is 0.326 e. The van der Waals surface area contributed by atoms with Crippen LogP contribution in [0.1, 0.15) is 42.6 Å². The fourth-order valence-corrected chi connectivity index (χ4v) is 2.35. The molecule has 0 spiro atoms. The molecule has 1 aromatic carbocycles. The van der Waals surface area contributed by atoms with E-state index in [1.807, 2.05) is 0 Å². The van der Waals surface area contributed by atoms with E-state index in [4.69, 9.17) is 5.11 Å². The first kappa shape index (κ1) is 16.1. The minimum absolute atomic E-state index is 0.271. The summed E-state index contributed by atoms with van der Waals surface area (Å²) >= 11 is 0. The van der Waals surface area contributed by atoms with E-state index < -0.39 is 17.6 Å². The summed E-state index contributed by atoms with van der Waals surface area (Å²) in [6, 6.07) is 5.92. The molecule has 0 aromatic heterocycles. The Bertz CT molecular complexity index is 631. The lowest BCUT2D eigenvalue weighted by Crippen LogP contribution is -2.40. The van der Waals surface area contributed by atoms with Crippen molar-refractivity contribution in [3.8, 4) is 11.8 Å². The van der Waals surface area contributed by atoms with Crippen LogP contribution in [0, 0.1) is 11.8 Å². The van der Waals surface area contributed by atoms with Gasteiger partial charge in [-0.2, -0.15) is 0 Å². The Morgan fingerprint density at radius 2 is 1.91 bits per heavy atom. The largest absolute Gasteiger partial charge is 0.480 e. The first-order valence-corrected chi connectivity index (χ1v) is 7.17. The van der Waals surface area contributed by atoms with E-state index in [-0.39, 0.29) is 5.91 Å². The van der Waals surface area contributed by atoms with Gasteiger partial charge >= 0.3 is 5.97 Å². The molecule has 0 radical (unpaired) electrons. The van der Waals surface area contributed by atoms with Gasteiger partial charge in [0, 0.05) is 17.7 Å². The number of hydrogen-bond acceptors (Lipinski definition) is 3. The number of likely N-dealkylation sites (tertiary alicyclic amines) is 1. The third kappa shape index (κ3) is 3.86. The maximum absolute atomic E-state index is 12.4. The molecule has 1 heterocycles. The standard InChI is InChI=1S/C17H19NO4/c1-17(2,22)10-9-12-5-7-13(8-6-12)15(19)18-11-3-4-14(18)16(20)21/h5-8,14,22H,3-4,11H2,1-2H3,(H,20,21)/t14-/m0/s1. The van der Waals surface area contributed by atoms with E-state index in [9.17, 15) is 14.7 Å². The Morgan fingerprint density at radius 1 is 1.27 bits per heavy atom. The van der Waals surface area contributed by atoms with Crippen LogP contribution in [0.25, 0.3) is 0 Å². The lowest BCUT2D eigenvalue weighted by Gasteiger charge is -2.21. The minimum Gasteiger partial charge on any atom is -0.480 e. The molecule has 1 fully saturated rings. The third-order valence-corrected chi connectivity index (χ3v) is 3.44. The molecule has 116 valence electrons. The van der Waals surface area contributed by atoms with Gasteiger partial charge in [-0.3, -0.25) is 4.79 Å². The molecule has 1 aliphatic rings. The van der Waals surface area contributed by atoms with Crippen LogP contribution in [-0.4, -0.2) is 45.2 Å². The van der Waals surface area contributed by atoms with E-state index in [1.165, 1.54) is 4.90 Å². The van der Waals surface area contributed by atoms with Crippen molar-refractivity contribution in [1.82, 2.24) is 4.90 Å². The van der Waals surface area contributed by atoms with Crippen molar-refractivity contribution in [1.29, 1.82) is 0 Å². The number of carboxylic acids is 1. The van der Waals surface area contributed by atoms with Crippen LogP contribution in [0.15, 0.2) is 24.3 Å². The molecule has 0 bridgehead atoms. The molecule has 0 aliphatic carbocycles. The Labute approximate surface area is 129 Å². The molecule has 0 saturated carbocycles. The van der Waals surface area contributed by atoms with Gasteiger partial charge in [-0.25, -0.2) is 4.79 Å². The first-order chi connectivity index (χ1) is 10.3. The van der Waals surface area contributed by atoms with Crippen molar-refractivity contribution in [3.63, 3.8) is 0 Å². The number of nitrogens with zero attached hydrogens (tertiary/aromatic N) is 1. The van der Waals surface area contributed by atoms with Gasteiger partial charge in [0.05, 0.1) is 0 Å². The Morgan fingerprint density at radius 3 is 2.45 bits per heavy atom. The van der Waals surface area contributed by atoms with Gasteiger partial charge < -0.3 is 15.1 Å². The second-order valence-corrected chi connectivity index (χ2v) is 5.88. The average Bonchev–Trinajstić information content (AvgIpc) is 2.94. The van der Waals surface area contributed by atoms with Gasteiger partial charge in [-0.05, 0) is 51.0 Å². The molecule has 2 rings (SSSR count). The zero-order chi connectivity index (χ0) is 16.3. The van der Waals surface area contributed by atoms with Gasteiger partial charge in [-0.15, -0.1) is 0 Å². The number of benzene rings is 1. The number of carboxylic acid groups (broad SMARTS) is 1.